The predicted molar refractivity (Wildman–Crippen MR) is 568 cm³/mol. The van der Waals surface area contributed by atoms with E-state index < -0.39 is 28.9 Å². The maximum absolute atomic E-state index is 16.8. The molecular formula is C125H110F6N8. The van der Waals surface area contributed by atoms with Gasteiger partial charge in [-0.05, 0) is 337 Å². The maximum atomic E-state index is 16.8. The second-order valence-corrected chi connectivity index (χ2v) is 36.4. The molecule has 139 heavy (non-hydrogen) atoms. The van der Waals surface area contributed by atoms with Crippen molar-refractivity contribution in [1.29, 1.82) is 0 Å². The number of anilines is 24. The number of hydrogen-bond donors (Lipinski definition) is 0. The summed E-state index contributed by atoms with van der Waals surface area (Å²) in [6.07, 6.45) is -5.51. The van der Waals surface area contributed by atoms with E-state index in [0.29, 0.717) is 34.1 Å². The monoisotopic (exact) mass is 1840 g/mol. The number of unbranched alkanes of at least 4 members (excludes halogenated alkanes) is 2. The summed E-state index contributed by atoms with van der Waals surface area (Å²) in [6, 6.07) is 157. The normalized spacial score (nSPS) is 11.8. The van der Waals surface area contributed by atoms with Crippen LogP contribution in [0.15, 0.2) is 485 Å². The van der Waals surface area contributed by atoms with Crippen LogP contribution in [0.2, 0.25) is 0 Å². The Bertz CT molecular complexity index is 6700. The topological polar surface area (TPSA) is 25.9 Å². The highest BCUT2D eigenvalue weighted by atomic mass is 19.4. The van der Waals surface area contributed by atoms with Gasteiger partial charge in [-0.15, -0.1) is 0 Å². The molecule has 0 radical (unpaired) electrons. The van der Waals surface area contributed by atoms with Gasteiger partial charge in [-0.25, -0.2) is 0 Å². The molecule has 0 saturated carbocycles. The first kappa shape index (κ1) is 93.3. The molecule has 0 N–H and O–H groups in total. The standard InChI is InChI=1S/C125H110F6N8/c1-7-9-91-121(3,4)93-51-59-105(60-52-93)135(103-47-31-17-32-48-103)112-73-83-118(84-74-112)139(117-81-71-111(72-82-117)134(101-43-27-15-28-44-101)102-45-29-16-30-46-102)119-85-75-113(76-86-119)136(104-49-33-18-34-50-104)107-63-55-95(56-64-107)123(124(126,127)128,125(129,130)131)96-57-65-108(66-58-96)137(106-61-53-94(54-62-106)122(5,6)92-10-8-2)114-87-89-120(90-88-114)138(115-77-67-109(68-78-115)132(97-35-19-11-20-36-97)98-37-21-12-22-38-98)116-79-69-110(70-80-116)133(99-39-23-13-24-40-99)100-41-25-14-26-42-100/h11-90H,7-10,91-92H2,1-6H3. The smallest absolute Gasteiger partial charge is 0.311 e. The number of halogens is 6. The lowest BCUT2D eigenvalue weighted by Gasteiger charge is -2.39. The summed E-state index contributed by atoms with van der Waals surface area (Å²) in [4.78, 5) is 16.9. The zero-order chi connectivity index (χ0) is 96.1. The van der Waals surface area contributed by atoms with Crippen molar-refractivity contribution in [3.8, 4) is 0 Å². The highest BCUT2D eigenvalue weighted by molar-refractivity contribution is 5.89. The first-order valence-corrected chi connectivity index (χ1v) is 47.6. The fourth-order valence-corrected chi connectivity index (χ4v) is 19.1. The molecule has 0 unspecified atom stereocenters. The van der Waals surface area contributed by atoms with E-state index in [-0.39, 0.29) is 10.8 Å². The van der Waals surface area contributed by atoms with Crippen molar-refractivity contribution in [2.75, 3.05) is 39.2 Å². The number of benzene rings is 18. The third-order valence-corrected chi connectivity index (χ3v) is 26.4. The molecule has 0 aliphatic heterocycles. The Kier molecular flexibility index (Phi) is 27.7. The van der Waals surface area contributed by atoms with Crippen LogP contribution in [0.5, 0.6) is 0 Å². The Hall–Kier alpha value is -16.1. The van der Waals surface area contributed by atoms with Crippen molar-refractivity contribution in [1.82, 2.24) is 0 Å². The van der Waals surface area contributed by atoms with Gasteiger partial charge in [-0.1, -0.05) is 261 Å². The largest absolute Gasteiger partial charge is 0.411 e. The van der Waals surface area contributed by atoms with Gasteiger partial charge in [-0.3, -0.25) is 0 Å². The summed E-state index contributed by atoms with van der Waals surface area (Å²) in [5.74, 6) is 0. The summed E-state index contributed by atoms with van der Waals surface area (Å²) < 4.78 is 101. The number of nitrogens with zero attached hydrogens (tertiary/aromatic N) is 8. The third-order valence-electron chi connectivity index (χ3n) is 26.4. The minimum absolute atomic E-state index is 0.00541. The van der Waals surface area contributed by atoms with Crippen LogP contribution < -0.4 is 39.2 Å². The van der Waals surface area contributed by atoms with E-state index in [9.17, 15) is 0 Å². The summed E-state index contributed by atoms with van der Waals surface area (Å²) in [5, 5.41) is 0. The van der Waals surface area contributed by atoms with E-state index in [2.05, 4.69) is 289 Å². The van der Waals surface area contributed by atoms with Crippen LogP contribution in [0.3, 0.4) is 0 Å². The van der Waals surface area contributed by atoms with Crippen LogP contribution in [0.4, 0.5) is 163 Å². The van der Waals surface area contributed by atoms with E-state index >= 15 is 26.3 Å². The van der Waals surface area contributed by atoms with E-state index in [4.69, 9.17) is 0 Å². The quantitative estimate of drug-likeness (QED) is 0.0368. The van der Waals surface area contributed by atoms with Gasteiger partial charge < -0.3 is 39.2 Å². The van der Waals surface area contributed by atoms with Gasteiger partial charge in [0.25, 0.3) is 0 Å². The molecule has 0 fully saturated rings. The van der Waals surface area contributed by atoms with Crippen LogP contribution in [0.25, 0.3) is 0 Å². The molecule has 0 atom stereocenters. The first-order chi connectivity index (χ1) is 67.6. The van der Waals surface area contributed by atoms with E-state index in [0.717, 1.165) is 171 Å². The Balaban J connectivity index is 0.696. The summed E-state index contributed by atoms with van der Waals surface area (Å²) in [5.41, 5.74) is 15.4. The van der Waals surface area contributed by atoms with Crippen molar-refractivity contribution < 1.29 is 26.3 Å². The Morgan fingerprint density at radius 1 is 0.151 bits per heavy atom. The van der Waals surface area contributed by atoms with E-state index in [1.165, 1.54) is 29.8 Å². The highest BCUT2D eigenvalue weighted by Gasteiger charge is 2.72. The second-order valence-electron chi connectivity index (χ2n) is 36.4. The third kappa shape index (κ3) is 20.0. The molecule has 18 aromatic carbocycles. The Morgan fingerprint density at radius 3 is 0.374 bits per heavy atom. The average Bonchev–Trinajstić information content (AvgIpc) is 0.711. The molecular weight excluding hydrogens is 1730 g/mol. The lowest BCUT2D eigenvalue weighted by Crippen LogP contribution is -2.54. The lowest BCUT2D eigenvalue weighted by molar-refractivity contribution is -0.288. The van der Waals surface area contributed by atoms with Gasteiger partial charge in [0.05, 0.1) is 0 Å². The lowest BCUT2D eigenvalue weighted by atomic mass is 9.72. The predicted octanol–water partition coefficient (Wildman–Crippen LogP) is 37.8. The molecule has 692 valence electrons. The molecule has 0 aromatic heterocycles. The molecule has 0 spiro atoms. The minimum Gasteiger partial charge on any atom is -0.311 e. The minimum atomic E-state index is -5.91. The van der Waals surface area contributed by atoms with E-state index in [1.807, 2.05) is 228 Å². The van der Waals surface area contributed by atoms with Gasteiger partial charge >= 0.3 is 12.4 Å². The van der Waals surface area contributed by atoms with Gasteiger partial charge in [0.1, 0.15) is 0 Å². The number of para-hydroxylation sites is 8. The molecule has 18 rings (SSSR count). The van der Waals surface area contributed by atoms with Crippen LogP contribution in [0, 0.1) is 0 Å². The maximum Gasteiger partial charge on any atom is 0.411 e. The fourth-order valence-electron chi connectivity index (χ4n) is 19.1. The summed E-state index contributed by atoms with van der Waals surface area (Å²) >= 11 is 0. The molecule has 14 heteroatoms. The fraction of sp³-hybridized carbons (Fsp3) is 0.136. The first-order valence-electron chi connectivity index (χ1n) is 47.6. The SMILES string of the molecule is CCCCC(C)(C)c1ccc(N(c2ccccc2)c2ccc(N(c3ccc(N(c4ccccc4)c4ccccc4)cc3)c3ccc(N(c4ccccc4)c4ccc(C(c5ccc(N(c6ccc(N(c7ccc(N(c8ccccc8)c8ccccc8)cc7)c7ccc(N(c8ccccc8)c8ccccc8)cc7)cc6)c6ccc(C(C)(C)CCCC)cc6)cc5)(C(F)(F)F)C(F)(F)F)cc4)cc3)cc2)cc1. The van der Waals surface area contributed by atoms with Crippen molar-refractivity contribution in [3.05, 3.63) is 508 Å². The molecule has 0 saturated heterocycles. The van der Waals surface area contributed by atoms with Crippen molar-refractivity contribution in [3.63, 3.8) is 0 Å². The molecule has 18 aromatic rings. The molecule has 8 nitrogen and oxygen atoms in total. The average molecular weight is 1840 g/mol. The Morgan fingerprint density at radius 2 is 0.259 bits per heavy atom. The van der Waals surface area contributed by atoms with Crippen LogP contribution >= 0.6 is 0 Å². The van der Waals surface area contributed by atoms with Crippen molar-refractivity contribution in [2.45, 2.75) is 109 Å². The second kappa shape index (κ2) is 41.2. The van der Waals surface area contributed by atoms with Gasteiger partial charge in [0, 0.05) is 136 Å². The highest BCUT2D eigenvalue weighted by Crippen LogP contribution is 2.58. The van der Waals surface area contributed by atoms with Crippen LogP contribution in [-0.4, -0.2) is 12.4 Å². The molecule has 0 aliphatic rings. The van der Waals surface area contributed by atoms with Crippen molar-refractivity contribution in [2.24, 2.45) is 0 Å². The molecule has 0 aliphatic carbocycles. The zero-order valence-electron chi connectivity index (χ0n) is 78.8. The van der Waals surface area contributed by atoms with Crippen molar-refractivity contribution >= 4 is 136 Å². The van der Waals surface area contributed by atoms with Gasteiger partial charge in [0.2, 0.25) is 5.41 Å². The molecule has 0 heterocycles. The summed E-state index contributed by atoms with van der Waals surface area (Å²) in [7, 11) is 0. The van der Waals surface area contributed by atoms with Crippen LogP contribution in [0.1, 0.15) is 102 Å². The van der Waals surface area contributed by atoms with E-state index in [1.54, 1.807) is 0 Å². The molecule has 0 amide bonds. The van der Waals surface area contributed by atoms with Gasteiger partial charge in [-0.2, -0.15) is 26.3 Å². The number of rotatable bonds is 34. The molecule has 0 bridgehead atoms. The summed E-state index contributed by atoms with van der Waals surface area (Å²) in [6.45, 7) is 13.4. The Labute approximate surface area is 813 Å². The number of alkyl halides is 6. The number of hydrogen-bond acceptors (Lipinski definition) is 8. The zero-order valence-corrected chi connectivity index (χ0v) is 78.8. The van der Waals surface area contributed by atoms with Crippen LogP contribution in [-0.2, 0) is 16.2 Å². The van der Waals surface area contributed by atoms with Gasteiger partial charge in [0.15, 0.2) is 0 Å².